The number of piperazine rings is 1. The molecule has 12 heteroatoms. The van der Waals surface area contributed by atoms with E-state index >= 15 is 0 Å². The Kier molecular flexibility index (Phi) is 8.58. The summed E-state index contributed by atoms with van der Waals surface area (Å²) in [6, 6.07) is 16.9. The lowest BCUT2D eigenvalue weighted by atomic mass is 9.59. The van der Waals surface area contributed by atoms with Gasteiger partial charge in [0, 0.05) is 71.2 Å². The first-order chi connectivity index (χ1) is 21.8. The number of piperidine rings is 1. The third-order valence-corrected chi connectivity index (χ3v) is 10.1. The standard InChI is InChI=1S/C34H33BrCl2N4O5/c1-19(42)40-11-13-41(14-12-40)32(45)33(2,3)46-28-10-7-21(35)16-24(28)30-34(25-9-8-23(37)17-27(25)38-31(34)44)26(18-29(43)39-30)20-5-4-6-22(36)15-20/h4-10,15-17,26,30H,11-14,18H2,1-3H3,(H,38,44)(H,39,43)/t26-,30+,34-/m0/s1. The lowest BCUT2D eigenvalue weighted by Gasteiger charge is -2.47. The van der Waals surface area contributed by atoms with Crippen LogP contribution < -0.4 is 15.4 Å². The number of rotatable bonds is 5. The molecule has 0 aromatic heterocycles. The molecule has 6 rings (SSSR count). The molecule has 3 aromatic rings. The topological polar surface area (TPSA) is 108 Å². The Morgan fingerprint density at radius 1 is 0.957 bits per heavy atom. The Balaban J connectivity index is 1.46. The van der Waals surface area contributed by atoms with E-state index in [0.717, 1.165) is 5.56 Å². The summed E-state index contributed by atoms with van der Waals surface area (Å²) in [5.41, 5.74) is -0.139. The number of carbonyl (C=O) groups excluding carboxylic acids is 4. The van der Waals surface area contributed by atoms with Gasteiger partial charge in [-0.3, -0.25) is 19.2 Å². The molecular weight excluding hydrogens is 695 g/mol. The summed E-state index contributed by atoms with van der Waals surface area (Å²) in [6.45, 7) is 6.58. The molecular formula is C34H33BrCl2N4O5. The van der Waals surface area contributed by atoms with Crippen LogP contribution in [0.15, 0.2) is 65.1 Å². The average Bonchev–Trinajstić information content (AvgIpc) is 3.29. The Morgan fingerprint density at radius 2 is 1.65 bits per heavy atom. The van der Waals surface area contributed by atoms with E-state index in [1.54, 1.807) is 66.1 Å². The second kappa shape index (κ2) is 12.2. The number of anilines is 1. The van der Waals surface area contributed by atoms with Gasteiger partial charge in [-0.25, -0.2) is 0 Å². The summed E-state index contributed by atoms with van der Waals surface area (Å²) in [6.07, 6.45) is 0.0345. The first kappa shape index (κ1) is 32.3. The number of nitrogens with zero attached hydrogens (tertiary/aromatic N) is 2. The molecule has 3 aliphatic heterocycles. The lowest BCUT2D eigenvalue weighted by molar-refractivity contribution is -0.149. The van der Waals surface area contributed by atoms with Gasteiger partial charge in [-0.15, -0.1) is 0 Å². The van der Waals surface area contributed by atoms with Crippen molar-refractivity contribution in [2.75, 3.05) is 31.5 Å². The van der Waals surface area contributed by atoms with Gasteiger partial charge in [0.25, 0.3) is 5.91 Å². The molecule has 3 atom stereocenters. The van der Waals surface area contributed by atoms with Gasteiger partial charge < -0.3 is 25.2 Å². The minimum Gasteiger partial charge on any atom is -0.478 e. The maximum Gasteiger partial charge on any atom is 0.266 e. The summed E-state index contributed by atoms with van der Waals surface area (Å²) in [5.74, 6) is -1.07. The van der Waals surface area contributed by atoms with E-state index in [1.165, 1.54) is 6.92 Å². The highest BCUT2D eigenvalue weighted by atomic mass is 79.9. The number of carbonyl (C=O) groups is 4. The van der Waals surface area contributed by atoms with Crippen molar-refractivity contribution in [3.8, 4) is 5.75 Å². The van der Waals surface area contributed by atoms with Crippen LogP contribution in [0.5, 0.6) is 5.75 Å². The fraction of sp³-hybridized carbons (Fsp3) is 0.353. The molecule has 0 unspecified atom stereocenters. The highest BCUT2D eigenvalue weighted by Crippen LogP contribution is 2.58. The van der Waals surface area contributed by atoms with Crippen LogP contribution in [0.25, 0.3) is 0 Å². The number of fused-ring (bicyclic) bond motifs is 2. The SMILES string of the molecule is CC(=O)N1CCN(C(=O)C(C)(C)Oc2ccc(Br)cc2[C@H]2NC(=O)C[C@@H](c3cccc(Cl)c3)[C@]23C(=O)Nc2cc(Cl)ccc23)CC1. The van der Waals surface area contributed by atoms with E-state index < -0.39 is 23.0 Å². The number of ether oxygens (including phenoxy) is 1. The molecule has 0 aliphatic carbocycles. The lowest BCUT2D eigenvalue weighted by Crippen LogP contribution is -2.57. The molecule has 0 radical (unpaired) electrons. The van der Waals surface area contributed by atoms with Gasteiger partial charge in [-0.2, -0.15) is 0 Å². The first-order valence-corrected chi connectivity index (χ1v) is 16.6. The smallest absolute Gasteiger partial charge is 0.266 e. The predicted molar refractivity (Wildman–Crippen MR) is 179 cm³/mol. The van der Waals surface area contributed by atoms with Gasteiger partial charge in [0.15, 0.2) is 5.60 Å². The molecule has 1 spiro atoms. The quantitative estimate of drug-likeness (QED) is 0.344. The van der Waals surface area contributed by atoms with Crippen molar-refractivity contribution >= 4 is 68.4 Å². The van der Waals surface area contributed by atoms with Crippen LogP contribution in [-0.4, -0.2) is 65.2 Å². The van der Waals surface area contributed by atoms with E-state index in [1.807, 2.05) is 18.2 Å². The Morgan fingerprint density at radius 3 is 2.35 bits per heavy atom. The Bertz CT molecular complexity index is 1760. The van der Waals surface area contributed by atoms with Crippen LogP contribution in [0.3, 0.4) is 0 Å². The number of hydrogen-bond donors (Lipinski definition) is 2. The molecule has 3 heterocycles. The molecule has 3 aromatic carbocycles. The maximum atomic E-state index is 14.5. The van der Waals surface area contributed by atoms with Gasteiger partial charge >= 0.3 is 0 Å². The number of benzene rings is 3. The van der Waals surface area contributed by atoms with E-state index in [9.17, 15) is 19.2 Å². The summed E-state index contributed by atoms with van der Waals surface area (Å²) < 4.78 is 7.25. The van der Waals surface area contributed by atoms with Crippen molar-refractivity contribution in [2.45, 2.75) is 50.2 Å². The zero-order valence-corrected chi connectivity index (χ0v) is 28.6. The zero-order valence-electron chi connectivity index (χ0n) is 25.5. The monoisotopic (exact) mass is 726 g/mol. The van der Waals surface area contributed by atoms with E-state index in [2.05, 4.69) is 26.6 Å². The molecule has 0 bridgehead atoms. The molecule has 0 saturated carbocycles. The summed E-state index contributed by atoms with van der Waals surface area (Å²) >= 11 is 16.4. The minimum absolute atomic E-state index is 0.0264. The van der Waals surface area contributed by atoms with Gasteiger partial charge in [-0.05, 0) is 67.4 Å². The van der Waals surface area contributed by atoms with E-state index in [4.69, 9.17) is 27.9 Å². The van der Waals surface area contributed by atoms with Gasteiger partial charge in [0.05, 0.1) is 6.04 Å². The molecule has 4 amide bonds. The molecule has 2 fully saturated rings. The number of hydrogen-bond acceptors (Lipinski definition) is 5. The third kappa shape index (κ3) is 5.65. The second-order valence-electron chi connectivity index (χ2n) is 12.4. The van der Waals surface area contributed by atoms with Crippen LogP contribution >= 0.6 is 39.1 Å². The highest BCUT2D eigenvalue weighted by molar-refractivity contribution is 9.10. The number of amides is 4. The first-order valence-electron chi connectivity index (χ1n) is 15.0. The molecule has 9 nitrogen and oxygen atoms in total. The third-order valence-electron chi connectivity index (χ3n) is 9.18. The number of nitrogens with one attached hydrogen (secondary N) is 2. The second-order valence-corrected chi connectivity index (χ2v) is 14.2. The van der Waals surface area contributed by atoms with Crippen LogP contribution in [-0.2, 0) is 24.6 Å². The summed E-state index contributed by atoms with van der Waals surface area (Å²) in [4.78, 5) is 57.1. The fourth-order valence-electron chi connectivity index (χ4n) is 7.03. The highest BCUT2D eigenvalue weighted by Gasteiger charge is 2.61. The van der Waals surface area contributed by atoms with Gasteiger partial charge in [-0.1, -0.05) is 57.3 Å². The van der Waals surface area contributed by atoms with Crippen LogP contribution in [0, 0.1) is 0 Å². The fourth-order valence-corrected chi connectivity index (χ4v) is 7.78. The van der Waals surface area contributed by atoms with E-state index in [-0.39, 0.29) is 30.0 Å². The van der Waals surface area contributed by atoms with Crippen molar-refractivity contribution in [3.05, 3.63) is 91.9 Å². The largest absolute Gasteiger partial charge is 0.478 e. The van der Waals surface area contributed by atoms with Crippen molar-refractivity contribution in [2.24, 2.45) is 0 Å². The van der Waals surface area contributed by atoms with Gasteiger partial charge in [0.2, 0.25) is 17.7 Å². The normalized spacial score (nSPS) is 22.7. The molecule has 3 aliphatic rings. The number of halogens is 3. The summed E-state index contributed by atoms with van der Waals surface area (Å²) in [7, 11) is 0. The van der Waals surface area contributed by atoms with Crippen molar-refractivity contribution < 1.29 is 23.9 Å². The maximum absolute atomic E-state index is 14.5. The average molecular weight is 728 g/mol. The minimum atomic E-state index is -1.32. The zero-order chi connectivity index (χ0) is 33.0. The van der Waals surface area contributed by atoms with Crippen molar-refractivity contribution in [1.82, 2.24) is 15.1 Å². The Hall–Kier alpha value is -3.60. The van der Waals surface area contributed by atoms with Crippen LogP contribution in [0.2, 0.25) is 10.0 Å². The van der Waals surface area contributed by atoms with Crippen LogP contribution in [0.1, 0.15) is 55.8 Å². The molecule has 46 heavy (non-hydrogen) atoms. The van der Waals surface area contributed by atoms with Crippen molar-refractivity contribution in [3.63, 3.8) is 0 Å². The predicted octanol–water partition coefficient (Wildman–Crippen LogP) is 5.84. The molecule has 2 saturated heterocycles. The van der Waals surface area contributed by atoms with Crippen molar-refractivity contribution in [1.29, 1.82) is 0 Å². The molecule has 2 N–H and O–H groups in total. The van der Waals surface area contributed by atoms with Gasteiger partial charge in [0.1, 0.15) is 11.2 Å². The summed E-state index contributed by atoms with van der Waals surface area (Å²) in [5, 5.41) is 7.11. The van der Waals surface area contributed by atoms with E-state index in [0.29, 0.717) is 63.3 Å². The van der Waals surface area contributed by atoms with Crippen LogP contribution in [0.4, 0.5) is 5.69 Å². The molecule has 240 valence electrons. The Labute approximate surface area is 285 Å².